The van der Waals surface area contributed by atoms with Gasteiger partial charge in [-0.2, -0.15) is 0 Å². The van der Waals surface area contributed by atoms with Crippen LogP contribution in [0.1, 0.15) is 26.7 Å². The van der Waals surface area contributed by atoms with Crippen LogP contribution < -0.4 is 0 Å². The van der Waals surface area contributed by atoms with Crippen molar-refractivity contribution in [3.63, 3.8) is 0 Å². The Bertz CT molecular complexity index is 127. The molecule has 0 unspecified atom stereocenters. The first-order valence-electron chi connectivity index (χ1n) is 3.63. The minimum Gasteiger partial charge on any atom is -0.513 e. The summed E-state index contributed by atoms with van der Waals surface area (Å²) in [7, 11) is 0. The van der Waals surface area contributed by atoms with E-state index in [9.17, 15) is 0 Å². The second kappa shape index (κ2) is 2.42. The molecule has 1 nitrogen and oxygen atoms in total. The second-order valence-corrected chi connectivity index (χ2v) is 2.89. The summed E-state index contributed by atoms with van der Waals surface area (Å²) in [5.74, 6) is 1.88. The van der Waals surface area contributed by atoms with E-state index in [0.717, 1.165) is 6.42 Å². The molecule has 0 aromatic rings. The predicted molar refractivity (Wildman–Crippen MR) is 38.3 cm³/mol. The summed E-state index contributed by atoms with van der Waals surface area (Å²) in [6.07, 6.45) is 4.05. The van der Waals surface area contributed by atoms with E-state index in [0.29, 0.717) is 17.6 Å². The number of allylic oxidation sites excluding steroid dienone is 2. The van der Waals surface area contributed by atoms with Crippen LogP contribution in [-0.4, -0.2) is 5.11 Å². The molecule has 0 aromatic heterocycles. The van der Waals surface area contributed by atoms with Gasteiger partial charge in [0.2, 0.25) is 0 Å². The maximum absolute atomic E-state index is 9.06. The Morgan fingerprint density at radius 3 is 2.67 bits per heavy atom. The molecule has 0 bridgehead atoms. The van der Waals surface area contributed by atoms with Crippen LogP contribution in [0.4, 0.5) is 0 Å². The molecule has 1 rings (SSSR count). The van der Waals surface area contributed by atoms with Crippen molar-refractivity contribution in [2.75, 3.05) is 0 Å². The minimum absolute atomic E-state index is 0.592. The summed E-state index contributed by atoms with van der Waals surface area (Å²) >= 11 is 0. The highest BCUT2D eigenvalue weighted by atomic mass is 16.3. The van der Waals surface area contributed by atoms with Crippen LogP contribution in [0.3, 0.4) is 0 Å². The lowest BCUT2D eigenvalue weighted by Crippen LogP contribution is -2.01. The van der Waals surface area contributed by atoms with Gasteiger partial charge in [-0.15, -0.1) is 0 Å². The zero-order valence-corrected chi connectivity index (χ0v) is 6.09. The smallest absolute Gasteiger partial charge is 0.0888 e. The van der Waals surface area contributed by atoms with Crippen molar-refractivity contribution in [1.82, 2.24) is 0 Å². The van der Waals surface area contributed by atoms with Crippen molar-refractivity contribution >= 4 is 0 Å². The van der Waals surface area contributed by atoms with E-state index in [1.807, 2.05) is 6.08 Å². The maximum atomic E-state index is 9.06. The first-order chi connectivity index (χ1) is 4.24. The first-order valence-corrected chi connectivity index (χ1v) is 3.63. The molecule has 0 saturated carbocycles. The van der Waals surface area contributed by atoms with Crippen molar-refractivity contribution in [2.45, 2.75) is 26.7 Å². The number of hydrogen-bond acceptors (Lipinski definition) is 1. The fraction of sp³-hybridized carbons (Fsp3) is 0.750. The molecule has 0 saturated heterocycles. The Morgan fingerprint density at radius 1 is 1.78 bits per heavy atom. The summed E-state index contributed by atoms with van der Waals surface area (Å²) in [4.78, 5) is 0. The molecule has 1 aliphatic carbocycles. The number of hydrogen-bond donors (Lipinski definition) is 1. The third-order valence-electron chi connectivity index (χ3n) is 2.19. The van der Waals surface area contributed by atoms with Crippen LogP contribution in [-0.2, 0) is 0 Å². The number of aliphatic hydroxyl groups excluding tert-OH is 1. The Balaban J connectivity index is 2.49. The lowest BCUT2D eigenvalue weighted by atomic mass is 9.95. The summed E-state index contributed by atoms with van der Waals surface area (Å²) in [6, 6.07) is 0. The molecule has 0 fully saturated rings. The van der Waals surface area contributed by atoms with Crippen LogP contribution in [0.2, 0.25) is 0 Å². The van der Waals surface area contributed by atoms with Gasteiger partial charge in [0.05, 0.1) is 5.76 Å². The average Bonchev–Trinajstić information content (AvgIpc) is 2.10. The molecule has 1 N–H and O–H groups in total. The summed E-state index contributed by atoms with van der Waals surface area (Å²) in [5.41, 5.74) is 0. The van der Waals surface area contributed by atoms with Crippen LogP contribution in [0, 0.1) is 11.8 Å². The first kappa shape index (κ1) is 6.66. The van der Waals surface area contributed by atoms with Gasteiger partial charge < -0.3 is 5.11 Å². The zero-order valence-electron chi connectivity index (χ0n) is 6.09. The van der Waals surface area contributed by atoms with E-state index in [-0.39, 0.29) is 0 Å². The van der Waals surface area contributed by atoms with Crippen LogP contribution in [0.25, 0.3) is 0 Å². The largest absolute Gasteiger partial charge is 0.513 e. The second-order valence-electron chi connectivity index (χ2n) is 2.89. The van der Waals surface area contributed by atoms with E-state index in [4.69, 9.17) is 5.11 Å². The maximum Gasteiger partial charge on any atom is 0.0888 e. The van der Waals surface area contributed by atoms with Crippen LogP contribution in [0.5, 0.6) is 0 Å². The van der Waals surface area contributed by atoms with Gasteiger partial charge in [-0.1, -0.05) is 20.3 Å². The van der Waals surface area contributed by atoms with Gasteiger partial charge in [0, 0.05) is 6.42 Å². The number of rotatable bonds is 1. The van der Waals surface area contributed by atoms with Gasteiger partial charge in [-0.05, 0) is 17.9 Å². The molecule has 9 heavy (non-hydrogen) atoms. The number of aliphatic hydroxyl groups is 1. The molecule has 1 aliphatic rings. The van der Waals surface area contributed by atoms with Crippen molar-refractivity contribution in [3.8, 4) is 0 Å². The summed E-state index contributed by atoms with van der Waals surface area (Å²) < 4.78 is 0. The fourth-order valence-corrected chi connectivity index (χ4v) is 1.48. The molecule has 0 aliphatic heterocycles. The molecule has 1 heteroatoms. The van der Waals surface area contributed by atoms with E-state index in [1.54, 1.807) is 0 Å². The molecule has 0 spiro atoms. The Kier molecular flexibility index (Phi) is 1.79. The third-order valence-corrected chi connectivity index (χ3v) is 2.19. The lowest BCUT2D eigenvalue weighted by Gasteiger charge is -2.09. The van der Waals surface area contributed by atoms with Crippen LogP contribution >= 0.6 is 0 Å². The SMILES string of the molecule is CC[C@@H]1CC(O)=C[C@@H]1C. The quantitative estimate of drug-likeness (QED) is 0.572. The highest BCUT2D eigenvalue weighted by molar-refractivity contribution is 5.04. The molecule has 0 amide bonds. The molecule has 0 heterocycles. The average molecular weight is 126 g/mol. The topological polar surface area (TPSA) is 20.2 Å². The Hall–Kier alpha value is -0.460. The molecule has 2 atom stereocenters. The Morgan fingerprint density at radius 2 is 2.44 bits per heavy atom. The van der Waals surface area contributed by atoms with Gasteiger partial charge in [0.25, 0.3) is 0 Å². The molecule has 0 radical (unpaired) electrons. The van der Waals surface area contributed by atoms with Crippen LogP contribution in [0.15, 0.2) is 11.8 Å². The molecule has 52 valence electrons. The van der Waals surface area contributed by atoms with Gasteiger partial charge in [-0.25, -0.2) is 0 Å². The van der Waals surface area contributed by atoms with Gasteiger partial charge in [0.1, 0.15) is 0 Å². The van der Waals surface area contributed by atoms with E-state index in [2.05, 4.69) is 13.8 Å². The summed E-state index contributed by atoms with van der Waals surface area (Å²) in [6.45, 7) is 4.34. The Labute approximate surface area is 56.4 Å². The monoisotopic (exact) mass is 126 g/mol. The minimum atomic E-state index is 0.592. The lowest BCUT2D eigenvalue weighted by molar-refractivity contribution is 0.357. The zero-order chi connectivity index (χ0) is 6.85. The predicted octanol–water partition coefficient (Wildman–Crippen LogP) is 2.49. The molecular weight excluding hydrogens is 112 g/mol. The van der Waals surface area contributed by atoms with E-state index < -0.39 is 0 Å². The fourth-order valence-electron chi connectivity index (χ4n) is 1.48. The van der Waals surface area contributed by atoms with Gasteiger partial charge in [0.15, 0.2) is 0 Å². The standard InChI is InChI=1S/C8H14O/c1-3-7-5-8(9)4-6(7)2/h4,6-7,9H,3,5H2,1-2H3/t6-,7+/m0/s1. The molecular formula is C8H14O. The molecule has 0 aromatic carbocycles. The van der Waals surface area contributed by atoms with Crippen molar-refractivity contribution < 1.29 is 5.11 Å². The van der Waals surface area contributed by atoms with E-state index in [1.165, 1.54) is 6.42 Å². The van der Waals surface area contributed by atoms with E-state index >= 15 is 0 Å². The van der Waals surface area contributed by atoms with Gasteiger partial charge in [-0.3, -0.25) is 0 Å². The highest BCUT2D eigenvalue weighted by Crippen LogP contribution is 2.30. The van der Waals surface area contributed by atoms with Crippen molar-refractivity contribution in [3.05, 3.63) is 11.8 Å². The van der Waals surface area contributed by atoms with Gasteiger partial charge >= 0.3 is 0 Å². The summed E-state index contributed by atoms with van der Waals surface area (Å²) in [5, 5.41) is 9.06. The normalized spacial score (nSPS) is 34.7. The highest BCUT2D eigenvalue weighted by Gasteiger charge is 2.21. The third kappa shape index (κ3) is 1.26. The van der Waals surface area contributed by atoms with Crippen molar-refractivity contribution in [2.24, 2.45) is 11.8 Å². The van der Waals surface area contributed by atoms with Crippen molar-refractivity contribution in [1.29, 1.82) is 0 Å².